The first-order valence-electron chi connectivity index (χ1n) is 7.89. The van der Waals surface area contributed by atoms with Crippen molar-refractivity contribution in [3.8, 4) is 0 Å². The van der Waals surface area contributed by atoms with Crippen LogP contribution in [0.5, 0.6) is 0 Å². The van der Waals surface area contributed by atoms with E-state index in [-0.39, 0.29) is 0 Å². The van der Waals surface area contributed by atoms with Crippen LogP contribution in [-0.2, 0) is 0 Å². The second-order valence-corrected chi connectivity index (χ2v) is 9.43. The van der Waals surface area contributed by atoms with Crippen LogP contribution < -0.4 is 0 Å². The highest BCUT2D eigenvalue weighted by molar-refractivity contribution is 8.37. The van der Waals surface area contributed by atoms with E-state index in [2.05, 4.69) is 45.9 Å². The van der Waals surface area contributed by atoms with Crippen molar-refractivity contribution in [3.05, 3.63) is 41.2 Å². The number of rotatable bonds is 4. The molecule has 1 aromatic rings. The van der Waals surface area contributed by atoms with Crippen LogP contribution in [0.25, 0.3) is 0 Å². The molecule has 1 atom stereocenters. The molecule has 3 rings (SSSR count). The van der Waals surface area contributed by atoms with Gasteiger partial charge < -0.3 is 0 Å². The van der Waals surface area contributed by atoms with Crippen molar-refractivity contribution in [2.45, 2.75) is 46.0 Å². The predicted molar refractivity (Wildman–Crippen MR) is 88.7 cm³/mol. The zero-order chi connectivity index (χ0) is 14.0. The molecule has 2 aliphatic rings. The molecule has 1 aromatic heterocycles. The lowest BCUT2D eigenvalue weighted by Gasteiger charge is -2.35. The lowest BCUT2D eigenvalue weighted by molar-refractivity contribution is 0.409. The first-order chi connectivity index (χ1) is 9.70. The van der Waals surface area contributed by atoms with Crippen LogP contribution in [0.1, 0.15) is 46.0 Å². The van der Waals surface area contributed by atoms with Gasteiger partial charge in [0.25, 0.3) is 0 Å². The van der Waals surface area contributed by atoms with E-state index in [1.54, 1.807) is 5.57 Å². The second kappa shape index (κ2) is 5.80. The van der Waals surface area contributed by atoms with Crippen molar-refractivity contribution >= 4 is 10.2 Å². The summed E-state index contributed by atoms with van der Waals surface area (Å²) in [6.07, 6.45) is 15.5. The molecule has 20 heavy (non-hydrogen) atoms. The highest BCUT2D eigenvalue weighted by Crippen LogP contribution is 2.58. The van der Waals surface area contributed by atoms with E-state index >= 15 is 0 Å². The number of imidazole rings is 1. The third-order valence-electron chi connectivity index (χ3n) is 4.39. The van der Waals surface area contributed by atoms with Gasteiger partial charge in [-0.15, -0.1) is 10.2 Å². The lowest BCUT2D eigenvalue weighted by Crippen LogP contribution is -2.12. The quantitative estimate of drug-likeness (QED) is 0.754. The van der Waals surface area contributed by atoms with E-state index in [4.69, 9.17) is 0 Å². The van der Waals surface area contributed by atoms with E-state index in [9.17, 15) is 0 Å². The molecular weight excluding hydrogens is 264 g/mol. The summed E-state index contributed by atoms with van der Waals surface area (Å²) in [6.45, 7) is 4.65. The fourth-order valence-corrected chi connectivity index (χ4v) is 6.92. The highest BCUT2D eigenvalue weighted by atomic mass is 32.3. The zero-order valence-corrected chi connectivity index (χ0v) is 13.5. The van der Waals surface area contributed by atoms with Gasteiger partial charge in [0.1, 0.15) is 6.33 Å². The molecule has 2 heterocycles. The van der Waals surface area contributed by atoms with Crippen LogP contribution in [0, 0.1) is 11.8 Å². The molecule has 1 aliphatic heterocycles. The molecule has 110 valence electrons. The molecule has 3 heteroatoms. The molecule has 0 spiro atoms. The Kier molecular flexibility index (Phi) is 4.06. The van der Waals surface area contributed by atoms with Crippen molar-refractivity contribution in [2.75, 3.05) is 5.75 Å². The molecule has 0 radical (unpaired) electrons. The molecule has 1 fully saturated rings. The molecule has 1 aliphatic carbocycles. The number of allylic oxidation sites excluding steroid dienone is 2. The minimum Gasteiger partial charge on any atom is -0.292 e. The molecule has 0 bridgehead atoms. The Morgan fingerprint density at radius 1 is 1.30 bits per heavy atom. The van der Waals surface area contributed by atoms with Crippen molar-refractivity contribution < 1.29 is 0 Å². The van der Waals surface area contributed by atoms with E-state index in [1.165, 1.54) is 37.9 Å². The first kappa shape index (κ1) is 14.0. The first-order valence-corrected chi connectivity index (χ1v) is 9.77. The highest BCUT2D eigenvalue weighted by Gasteiger charge is 2.29. The van der Waals surface area contributed by atoms with Gasteiger partial charge in [-0.25, -0.2) is 4.98 Å². The maximum atomic E-state index is 4.28. The molecule has 0 amide bonds. The van der Waals surface area contributed by atoms with E-state index in [0.717, 1.165) is 5.92 Å². The summed E-state index contributed by atoms with van der Waals surface area (Å²) in [6, 6.07) is 0. The molecular formula is C17H26N2S. The fourth-order valence-electron chi connectivity index (χ4n) is 3.48. The maximum absolute atomic E-state index is 4.28. The Morgan fingerprint density at radius 2 is 2.10 bits per heavy atom. The van der Waals surface area contributed by atoms with Crippen LogP contribution in [0.15, 0.2) is 41.2 Å². The van der Waals surface area contributed by atoms with Crippen LogP contribution in [0.3, 0.4) is 0 Å². The standard InChI is InChI=1S/C17H26N2S/c1-15(2)12-20(19-10-9-18-14-19)11-8-17(13-20)16-6-4-3-5-7-16/h8-11,13-16H,3-7,12H2,1-2H3. The smallest absolute Gasteiger partial charge is 0.104 e. The summed E-state index contributed by atoms with van der Waals surface area (Å²) >= 11 is 0. The summed E-state index contributed by atoms with van der Waals surface area (Å²) in [4.78, 5) is 4.28. The summed E-state index contributed by atoms with van der Waals surface area (Å²) in [7, 11) is -0.983. The molecule has 0 saturated heterocycles. The zero-order valence-electron chi connectivity index (χ0n) is 12.7. The van der Waals surface area contributed by atoms with Crippen molar-refractivity contribution in [1.29, 1.82) is 0 Å². The van der Waals surface area contributed by atoms with Crippen molar-refractivity contribution in [2.24, 2.45) is 11.8 Å². The van der Waals surface area contributed by atoms with Crippen LogP contribution >= 0.6 is 10.2 Å². The number of nitrogens with zero attached hydrogens (tertiary/aromatic N) is 2. The Bertz CT molecular complexity index is 495. The van der Waals surface area contributed by atoms with Gasteiger partial charge in [0.2, 0.25) is 0 Å². The van der Waals surface area contributed by atoms with Crippen molar-refractivity contribution in [3.63, 3.8) is 0 Å². The Morgan fingerprint density at radius 3 is 2.75 bits per heavy atom. The third-order valence-corrected chi connectivity index (χ3v) is 7.88. The normalized spacial score (nSPS) is 30.4. The van der Waals surface area contributed by atoms with E-state index in [1.807, 2.05) is 12.5 Å². The number of aromatic nitrogens is 2. The summed E-state index contributed by atoms with van der Waals surface area (Å²) in [5, 5.41) is 5.09. The van der Waals surface area contributed by atoms with Gasteiger partial charge in [-0.2, -0.15) is 0 Å². The minimum atomic E-state index is -0.983. The topological polar surface area (TPSA) is 17.8 Å². The number of hydrogen-bond acceptors (Lipinski definition) is 1. The molecule has 0 N–H and O–H groups in total. The van der Waals surface area contributed by atoms with Crippen molar-refractivity contribution in [1.82, 2.24) is 8.96 Å². The Balaban J connectivity index is 1.88. The van der Waals surface area contributed by atoms with Crippen LogP contribution in [-0.4, -0.2) is 14.7 Å². The van der Waals surface area contributed by atoms with Gasteiger partial charge >= 0.3 is 0 Å². The minimum absolute atomic E-state index is 0.707. The summed E-state index contributed by atoms with van der Waals surface area (Å²) in [5.41, 5.74) is 1.61. The fraction of sp³-hybridized carbons (Fsp3) is 0.588. The van der Waals surface area contributed by atoms with E-state index < -0.39 is 10.2 Å². The Hall–Kier alpha value is -0.960. The SMILES string of the molecule is CC(C)CS1(n2ccnc2)C=CC(C2CCCCC2)=C1. The average Bonchev–Trinajstić information content (AvgIpc) is 3.08. The van der Waals surface area contributed by atoms with Gasteiger partial charge in [-0.1, -0.05) is 39.2 Å². The van der Waals surface area contributed by atoms with Gasteiger partial charge in [-0.3, -0.25) is 3.97 Å². The summed E-state index contributed by atoms with van der Waals surface area (Å²) in [5.74, 6) is 2.75. The van der Waals surface area contributed by atoms with E-state index in [0.29, 0.717) is 5.92 Å². The van der Waals surface area contributed by atoms with Gasteiger partial charge in [0, 0.05) is 18.1 Å². The predicted octanol–water partition coefficient (Wildman–Crippen LogP) is 5.10. The van der Waals surface area contributed by atoms with Gasteiger partial charge in [0.15, 0.2) is 0 Å². The van der Waals surface area contributed by atoms with Crippen LogP contribution in [0.2, 0.25) is 0 Å². The lowest BCUT2D eigenvalue weighted by atomic mass is 9.84. The molecule has 1 unspecified atom stereocenters. The maximum Gasteiger partial charge on any atom is 0.104 e. The summed E-state index contributed by atoms with van der Waals surface area (Å²) < 4.78 is 2.36. The number of hydrogen-bond donors (Lipinski definition) is 0. The molecule has 0 aromatic carbocycles. The third kappa shape index (κ3) is 2.73. The van der Waals surface area contributed by atoms with Gasteiger partial charge in [0.05, 0.1) is 0 Å². The van der Waals surface area contributed by atoms with Gasteiger partial charge in [-0.05, 0) is 41.1 Å². The molecule has 2 nitrogen and oxygen atoms in total. The average molecular weight is 290 g/mol. The molecule has 1 saturated carbocycles. The van der Waals surface area contributed by atoms with Crippen LogP contribution in [0.4, 0.5) is 0 Å². The second-order valence-electron chi connectivity index (χ2n) is 6.55. The largest absolute Gasteiger partial charge is 0.292 e. The Labute approximate surface area is 124 Å². The monoisotopic (exact) mass is 290 g/mol.